The first-order chi connectivity index (χ1) is 16.9. The molecule has 0 saturated heterocycles. The van der Waals surface area contributed by atoms with E-state index in [1.54, 1.807) is 0 Å². The zero-order valence-corrected chi connectivity index (χ0v) is 20.9. The highest BCUT2D eigenvalue weighted by atomic mass is 32.1. The van der Waals surface area contributed by atoms with Crippen molar-refractivity contribution in [3.8, 4) is 16.3 Å². The molecule has 0 aliphatic carbocycles. The largest absolute Gasteiger partial charge is 0.491 e. The molecule has 0 radical (unpaired) electrons. The Morgan fingerprint density at radius 1 is 1.06 bits per heavy atom. The minimum Gasteiger partial charge on any atom is -0.491 e. The van der Waals surface area contributed by atoms with Crippen LogP contribution in [0.2, 0.25) is 0 Å². The van der Waals surface area contributed by atoms with Crippen LogP contribution in [0.25, 0.3) is 10.6 Å². The molecule has 196 valence electrons. The fourth-order valence-corrected chi connectivity index (χ4v) is 4.33. The number of aromatic nitrogens is 2. The molecule has 3 rings (SSSR count). The number of nitrogens with zero attached hydrogens (tertiary/aromatic N) is 2. The zero-order chi connectivity index (χ0) is 26.4. The summed E-state index contributed by atoms with van der Waals surface area (Å²) in [6, 6.07) is 13.2. The maximum atomic E-state index is 13.7. The van der Waals surface area contributed by atoms with Crippen molar-refractivity contribution in [3.05, 3.63) is 64.7 Å². The van der Waals surface area contributed by atoms with Crippen molar-refractivity contribution in [2.24, 2.45) is 5.73 Å². The van der Waals surface area contributed by atoms with E-state index in [4.69, 9.17) is 25.0 Å². The number of halogens is 3. The van der Waals surface area contributed by atoms with Crippen molar-refractivity contribution in [2.75, 3.05) is 26.4 Å². The summed E-state index contributed by atoms with van der Waals surface area (Å²) in [6.07, 6.45) is -4.01. The zero-order valence-electron chi connectivity index (χ0n) is 19.1. The molecule has 36 heavy (non-hydrogen) atoms. The maximum absolute atomic E-state index is 13.7. The van der Waals surface area contributed by atoms with E-state index < -0.39 is 31.7 Å². The molecule has 1 heterocycles. The topological polar surface area (TPSA) is 137 Å². The fourth-order valence-electron chi connectivity index (χ4n) is 3.01. The van der Waals surface area contributed by atoms with E-state index >= 15 is 0 Å². The highest BCUT2D eigenvalue weighted by molar-refractivity contribution is 7.46. The van der Waals surface area contributed by atoms with Crippen LogP contribution < -0.4 is 10.5 Å². The number of hydrogen-bond acceptors (Lipinski definition) is 8. The average Bonchev–Trinajstić information content (AvgIpc) is 3.31. The highest BCUT2D eigenvalue weighted by Crippen LogP contribution is 2.41. The van der Waals surface area contributed by atoms with Crippen molar-refractivity contribution >= 4 is 19.2 Å². The molecule has 0 spiro atoms. The second-order valence-electron chi connectivity index (χ2n) is 8.00. The number of phosphoric ester groups is 1. The van der Waals surface area contributed by atoms with Crippen LogP contribution in [0.4, 0.5) is 13.2 Å². The number of rotatable bonds is 12. The van der Waals surface area contributed by atoms with Gasteiger partial charge in [0.1, 0.15) is 22.4 Å². The third-order valence-corrected chi connectivity index (χ3v) is 6.56. The van der Waals surface area contributed by atoms with Gasteiger partial charge in [-0.15, -0.1) is 10.2 Å². The number of benzene rings is 2. The number of nitrogens with two attached hydrogens (primary N) is 1. The standard InChI is InChI=1S/C22H25F3N3O6PS/c1-21(26,14-34-35(29,30)31)20-28-27-19(36-20)16-7-8-18(17(13-16)22(23,24)25)33-12-11-32-10-9-15-5-3-2-4-6-15/h2-8,13H,9-12,14,26H2,1H3,(H2,29,30,31)/t21-/m0/s1. The lowest BCUT2D eigenvalue weighted by Crippen LogP contribution is -2.37. The lowest BCUT2D eigenvalue weighted by molar-refractivity contribution is -0.139. The third kappa shape index (κ3) is 8.34. The molecule has 0 amide bonds. The molecular weight excluding hydrogens is 522 g/mol. The van der Waals surface area contributed by atoms with Crippen LogP contribution in [-0.2, 0) is 32.0 Å². The van der Waals surface area contributed by atoms with Crippen molar-refractivity contribution in [1.82, 2.24) is 10.2 Å². The Hall–Kier alpha value is -2.38. The predicted octanol–water partition coefficient (Wildman–Crippen LogP) is 4.15. The smallest absolute Gasteiger partial charge is 0.469 e. The van der Waals surface area contributed by atoms with Crippen molar-refractivity contribution < 1.29 is 41.5 Å². The molecule has 0 fully saturated rings. The van der Waals surface area contributed by atoms with Gasteiger partial charge in [-0.05, 0) is 37.1 Å². The van der Waals surface area contributed by atoms with Crippen LogP contribution >= 0.6 is 19.2 Å². The van der Waals surface area contributed by atoms with Crippen LogP contribution in [0, 0.1) is 0 Å². The van der Waals surface area contributed by atoms with Gasteiger partial charge in [0.15, 0.2) is 0 Å². The minimum absolute atomic E-state index is 0.0642. The first kappa shape index (κ1) is 28.2. The Labute approximate surface area is 209 Å². The van der Waals surface area contributed by atoms with E-state index in [0.29, 0.717) is 13.0 Å². The highest BCUT2D eigenvalue weighted by Gasteiger charge is 2.35. The van der Waals surface area contributed by atoms with Gasteiger partial charge in [-0.3, -0.25) is 4.52 Å². The van der Waals surface area contributed by atoms with E-state index in [-0.39, 0.29) is 34.5 Å². The monoisotopic (exact) mass is 547 g/mol. The summed E-state index contributed by atoms with van der Waals surface area (Å²) in [4.78, 5) is 17.7. The molecule has 0 aliphatic rings. The number of hydrogen-bond donors (Lipinski definition) is 3. The maximum Gasteiger partial charge on any atom is 0.469 e. The third-order valence-electron chi connectivity index (χ3n) is 4.84. The molecular formula is C22H25F3N3O6PS. The summed E-state index contributed by atoms with van der Waals surface area (Å²) in [6.45, 7) is 1.31. The second-order valence-corrected chi connectivity index (χ2v) is 10.2. The first-order valence-electron chi connectivity index (χ1n) is 10.6. The van der Waals surface area contributed by atoms with Gasteiger partial charge < -0.3 is 25.0 Å². The van der Waals surface area contributed by atoms with Crippen molar-refractivity contribution in [1.29, 1.82) is 0 Å². The molecule has 3 aromatic rings. The SMILES string of the molecule is C[C@](N)(COP(=O)(O)O)c1nnc(-c2ccc(OCCOCCc3ccccc3)c(C(F)(F)F)c2)s1. The van der Waals surface area contributed by atoms with E-state index in [2.05, 4.69) is 14.7 Å². The lowest BCUT2D eigenvalue weighted by atomic mass is 10.1. The van der Waals surface area contributed by atoms with Gasteiger partial charge in [-0.2, -0.15) is 13.2 Å². The predicted molar refractivity (Wildman–Crippen MR) is 126 cm³/mol. The Bertz CT molecular complexity index is 1190. The van der Waals surface area contributed by atoms with Crippen LogP contribution in [0.15, 0.2) is 48.5 Å². The van der Waals surface area contributed by atoms with Crippen LogP contribution in [-0.4, -0.2) is 46.4 Å². The van der Waals surface area contributed by atoms with Gasteiger partial charge >= 0.3 is 14.0 Å². The molecule has 0 saturated carbocycles. The summed E-state index contributed by atoms with van der Waals surface area (Å²) >= 11 is 0.885. The molecule has 0 aliphatic heterocycles. The van der Waals surface area contributed by atoms with E-state index in [0.717, 1.165) is 23.0 Å². The lowest BCUT2D eigenvalue weighted by Gasteiger charge is -2.21. The molecule has 2 aromatic carbocycles. The van der Waals surface area contributed by atoms with Crippen molar-refractivity contribution in [3.63, 3.8) is 0 Å². The molecule has 14 heteroatoms. The van der Waals surface area contributed by atoms with Gasteiger partial charge in [-0.25, -0.2) is 4.57 Å². The van der Waals surface area contributed by atoms with E-state index in [1.807, 2.05) is 30.3 Å². The summed E-state index contributed by atoms with van der Waals surface area (Å²) in [5.74, 6) is -0.346. The summed E-state index contributed by atoms with van der Waals surface area (Å²) in [5.41, 5.74) is 4.83. The quantitative estimate of drug-likeness (QED) is 0.226. The number of phosphoric acid groups is 1. The molecule has 0 unspecified atom stereocenters. The summed E-state index contributed by atoms with van der Waals surface area (Å²) < 4.78 is 67.3. The van der Waals surface area contributed by atoms with Gasteiger partial charge in [0.25, 0.3) is 0 Å². The first-order valence-corrected chi connectivity index (χ1v) is 13.0. The molecule has 1 atom stereocenters. The number of ether oxygens (including phenoxy) is 2. The van der Waals surface area contributed by atoms with Crippen LogP contribution in [0.1, 0.15) is 23.1 Å². The van der Waals surface area contributed by atoms with Gasteiger partial charge in [-0.1, -0.05) is 41.7 Å². The Morgan fingerprint density at radius 3 is 2.44 bits per heavy atom. The Morgan fingerprint density at radius 2 is 1.78 bits per heavy atom. The molecule has 1 aromatic heterocycles. The fraction of sp³-hybridized carbons (Fsp3) is 0.364. The number of alkyl halides is 3. The minimum atomic E-state index is -4.77. The van der Waals surface area contributed by atoms with Gasteiger partial charge in [0.05, 0.1) is 30.9 Å². The Kier molecular flexibility index (Phi) is 9.23. The van der Waals surface area contributed by atoms with E-state index in [9.17, 15) is 17.7 Å². The summed E-state index contributed by atoms with van der Waals surface area (Å²) in [5, 5.41) is 8.01. The molecule has 4 N–H and O–H groups in total. The molecule has 0 bridgehead atoms. The second kappa shape index (κ2) is 11.8. The van der Waals surface area contributed by atoms with Crippen LogP contribution in [0.5, 0.6) is 5.75 Å². The normalized spacial score (nSPS) is 14.0. The molecule has 9 nitrogen and oxygen atoms in total. The van der Waals surface area contributed by atoms with Gasteiger partial charge in [0.2, 0.25) is 0 Å². The van der Waals surface area contributed by atoms with Crippen LogP contribution in [0.3, 0.4) is 0 Å². The van der Waals surface area contributed by atoms with Crippen molar-refractivity contribution in [2.45, 2.75) is 25.1 Å². The van der Waals surface area contributed by atoms with Gasteiger partial charge in [0, 0.05) is 5.56 Å². The Balaban J connectivity index is 1.64. The summed E-state index contributed by atoms with van der Waals surface area (Å²) in [7, 11) is -4.77. The average molecular weight is 547 g/mol. The van der Waals surface area contributed by atoms with E-state index in [1.165, 1.54) is 19.1 Å².